The minimum Gasteiger partial charge on any atom is -0.335 e. The molecule has 0 aromatic carbocycles. The van der Waals surface area contributed by atoms with Gasteiger partial charge < -0.3 is 4.90 Å². The van der Waals surface area contributed by atoms with Gasteiger partial charge in [-0.05, 0) is 20.3 Å². The minimum atomic E-state index is -0.466. The summed E-state index contributed by atoms with van der Waals surface area (Å²) in [4.78, 5) is 33.7. The maximum absolute atomic E-state index is 11.7. The van der Waals surface area contributed by atoms with Gasteiger partial charge in [-0.3, -0.25) is 14.9 Å². The lowest BCUT2D eigenvalue weighted by Crippen LogP contribution is -2.57. The molecule has 108 valence electrons. The van der Waals surface area contributed by atoms with Gasteiger partial charge in [0.25, 0.3) is 0 Å². The molecule has 1 unspecified atom stereocenters. The van der Waals surface area contributed by atoms with E-state index in [0.29, 0.717) is 28.8 Å². The zero-order chi connectivity index (χ0) is 14.9. The van der Waals surface area contributed by atoms with Crippen molar-refractivity contribution < 1.29 is 9.59 Å². The van der Waals surface area contributed by atoms with Crippen LogP contribution in [-0.4, -0.2) is 34.4 Å². The first-order chi connectivity index (χ1) is 9.43. The quantitative estimate of drug-likeness (QED) is 0.671. The van der Waals surface area contributed by atoms with Crippen LogP contribution in [0.4, 0.5) is 5.82 Å². The Morgan fingerprint density at radius 3 is 2.75 bits per heavy atom. The van der Waals surface area contributed by atoms with E-state index < -0.39 is 6.04 Å². The summed E-state index contributed by atoms with van der Waals surface area (Å²) in [6, 6.07) is -0.466. The van der Waals surface area contributed by atoms with Crippen molar-refractivity contribution in [1.82, 2.24) is 15.3 Å². The molecule has 2 rings (SSSR count). The zero-order valence-electron chi connectivity index (χ0n) is 11.7. The van der Waals surface area contributed by atoms with Gasteiger partial charge in [-0.1, -0.05) is 18.5 Å². The molecule has 1 saturated heterocycles. The fraction of sp³-hybridized carbons (Fsp3) is 0.538. The van der Waals surface area contributed by atoms with E-state index in [4.69, 9.17) is 11.6 Å². The topological polar surface area (TPSA) is 75.2 Å². The molecule has 0 radical (unpaired) electrons. The number of imide groups is 1. The summed E-state index contributed by atoms with van der Waals surface area (Å²) in [7, 11) is 0. The number of halogens is 1. The van der Waals surface area contributed by atoms with Crippen molar-refractivity contribution in [3.05, 3.63) is 16.5 Å². The molecule has 1 fully saturated rings. The molecule has 1 aliphatic rings. The van der Waals surface area contributed by atoms with Crippen LogP contribution >= 0.6 is 11.6 Å². The van der Waals surface area contributed by atoms with Crippen LogP contribution in [0.1, 0.15) is 31.7 Å². The first kappa shape index (κ1) is 14.7. The van der Waals surface area contributed by atoms with Crippen molar-refractivity contribution in [2.45, 2.75) is 39.7 Å². The fourth-order valence-electron chi connectivity index (χ4n) is 2.11. The number of amides is 2. The Morgan fingerprint density at radius 1 is 1.40 bits per heavy atom. The lowest BCUT2D eigenvalue weighted by atomic mass is 10.1. The molecular weight excluding hydrogens is 280 g/mol. The second-order valence-corrected chi connectivity index (χ2v) is 5.20. The van der Waals surface area contributed by atoms with Crippen molar-refractivity contribution in [3.63, 3.8) is 0 Å². The fourth-order valence-corrected chi connectivity index (χ4v) is 2.29. The molecule has 1 aliphatic heterocycles. The summed E-state index contributed by atoms with van der Waals surface area (Å²) in [6.45, 7) is 5.64. The van der Waals surface area contributed by atoms with Crippen molar-refractivity contribution in [3.8, 4) is 0 Å². The van der Waals surface area contributed by atoms with Gasteiger partial charge in [0.05, 0.1) is 6.54 Å². The maximum Gasteiger partial charge on any atom is 0.249 e. The van der Waals surface area contributed by atoms with Crippen LogP contribution in [0.5, 0.6) is 0 Å². The van der Waals surface area contributed by atoms with Crippen LogP contribution in [0.2, 0.25) is 5.15 Å². The molecule has 2 heterocycles. The average Bonchev–Trinajstić information content (AvgIpc) is 2.38. The number of hydrogen-bond acceptors (Lipinski definition) is 5. The Balaban J connectivity index is 2.44. The summed E-state index contributed by atoms with van der Waals surface area (Å²) >= 11 is 6.13. The molecule has 1 N–H and O–H groups in total. The highest BCUT2D eigenvalue weighted by atomic mass is 35.5. The van der Waals surface area contributed by atoms with Gasteiger partial charge in [0.15, 0.2) is 0 Å². The van der Waals surface area contributed by atoms with E-state index in [1.54, 1.807) is 18.7 Å². The first-order valence-electron chi connectivity index (χ1n) is 6.57. The highest BCUT2D eigenvalue weighted by Crippen LogP contribution is 2.26. The third-order valence-electron chi connectivity index (χ3n) is 3.28. The van der Waals surface area contributed by atoms with Crippen molar-refractivity contribution >= 4 is 29.2 Å². The minimum absolute atomic E-state index is 0.0899. The van der Waals surface area contributed by atoms with Gasteiger partial charge in [0.1, 0.15) is 22.8 Å². The number of piperazine rings is 1. The second-order valence-electron chi connectivity index (χ2n) is 4.85. The molecule has 20 heavy (non-hydrogen) atoms. The Morgan fingerprint density at radius 2 is 2.10 bits per heavy atom. The normalized spacial score (nSPS) is 19.2. The van der Waals surface area contributed by atoms with Gasteiger partial charge in [-0.2, -0.15) is 0 Å². The highest BCUT2D eigenvalue weighted by Gasteiger charge is 2.32. The van der Waals surface area contributed by atoms with Crippen LogP contribution in [0.15, 0.2) is 0 Å². The number of hydrogen-bond donors (Lipinski definition) is 1. The zero-order valence-corrected chi connectivity index (χ0v) is 12.5. The van der Waals surface area contributed by atoms with Gasteiger partial charge in [-0.15, -0.1) is 0 Å². The number of nitrogens with one attached hydrogen (secondary N) is 1. The maximum atomic E-state index is 11.7. The summed E-state index contributed by atoms with van der Waals surface area (Å²) in [5.74, 6) is 0.527. The van der Waals surface area contributed by atoms with E-state index in [0.717, 1.165) is 6.42 Å². The SMILES string of the molecule is CCCc1nc(Cl)c(C)c(N2CC(=O)NC(=O)C2C)n1. The van der Waals surface area contributed by atoms with E-state index >= 15 is 0 Å². The third kappa shape index (κ3) is 2.75. The van der Waals surface area contributed by atoms with Gasteiger partial charge in [-0.25, -0.2) is 9.97 Å². The van der Waals surface area contributed by atoms with Crippen molar-refractivity contribution in [1.29, 1.82) is 0 Å². The van der Waals surface area contributed by atoms with E-state index in [2.05, 4.69) is 15.3 Å². The summed E-state index contributed by atoms with van der Waals surface area (Å²) in [5.41, 5.74) is 0.681. The van der Waals surface area contributed by atoms with E-state index in [9.17, 15) is 9.59 Å². The van der Waals surface area contributed by atoms with Crippen LogP contribution < -0.4 is 10.2 Å². The number of aryl methyl sites for hydroxylation is 1. The number of carbonyl (C=O) groups is 2. The molecule has 0 bridgehead atoms. The van der Waals surface area contributed by atoms with Gasteiger partial charge in [0, 0.05) is 12.0 Å². The smallest absolute Gasteiger partial charge is 0.249 e. The third-order valence-corrected chi connectivity index (χ3v) is 3.64. The standard InChI is InChI=1S/C13H17ClN4O2/c1-4-5-9-15-11(14)7(2)12(16-9)18-6-10(19)17-13(20)8(18)3/h8H,4-6H2,1-3H3,(H,17,19,20). The number of carbonyl (C=O) groups excluding carboxylic acids is 2. The summed E-state index contributed by atoms with van der Waals surface area (Å²) in [6.07, 6.45) is 1.60. The Labute approximate surface area is 122 Å². The second kappa shape index (κ2) is 5.75. The molecule has 6 nitrogen and oxygen atoms in total. The predicted molar refractivity (Wildman–Crippen MR) is 75.7 cm³/mol. The summed E-state index contributed by atoms with van der Waals surface area (Å²) in [5, 5.41) is 2.67. The molecule has 2 amide bonds. The molecule has 0 spiro atoms. The van der Waals surface area contributed by atoms with E-state index in [1.807, 2.05) is 6.92 Å². The number of rotatable bonds is 3. The summed E-state index contributed by atoms with van der Waals surface area (Å²) < 4.78 is 0. The first-order valence-corrected chi connectivity index (χ1v) is 6.95. The largest absolute Gasteiger partial charge is 0.335 e. The average molecular weight is 297 g/mol. The van der Waals surface area contributed by atoms with E-state index in [1.165, 1.54) is 0 Å². The van der Waals surface area contributed by atoms with Gasteiger partial charge in [0.2, 0.25) is 11.8 Å². The monoisotopic (exact) mass is 296 g/mol. The molecule has 1 aromatic rings. The molecular formula is C13H17ClN4O2. The van der Waals surface area contributed by atoms with Gasteiger partial charge >= 0.3 is 0 Å². The number of nitrogens with zero attached hydrogens (tertiary/aromatic N) is 3. The number of anilines is 1. The lowest BCUT2D eigenvalue weighted by Gasteiger charge is -2.33. The lowest BCUT2D eigenvalue weighted by molar-refractivity contribution is -0.132. The number of aromatic nitrogens is 2. The van der Waals surface area contributed by atoms with Crippen LogP contribution in [0.3, 0.4) is 0 Å². The van der Waals surface area contributed by atoms with Crippen LogP contribution in [0.25, 0.3) is 0 Å². The molecule has 0 saturated carbocycles. The molecule has 7 heteroatoms. The van der Waals surface area contributed by atoms with E-state index in [-0.39, 0.29) is 18.4 Å². The van der Waals surface area contributed by atoms with Crippen molar-refractivity contribution in [2.24, 2.45) is 0 Å². The Hall–Kier alpha value is -1.69. The predicted octanol–water partition coefficient (Wildman–Crippen LogP) is 1.24. The Kier molecular flexibility index (Phi) is 4.23. The highest BCUT2D eigenvalue weighted by molar-refractivity contribution is 6.30. The molecule has 1 aromatic heterocycles. The van der Waals surface area contributed by atoms with Crippen molar-refractivity contribution in [2.75, 3.05) is 11.4 Å². The molecule has 1 atom stereocenters. The van der Waals surface area contributed by atoms with Crippen LogP contribution in [-0.2, 0) is 16.0 Å². The molecule has 0 aliphatic carbocycles. The Bertz CT molecular complexity index is 562. The van der Waals surface area contributed by atoms with Crippen LogP contribution in [0, 0.1) is 6.92 Å².